The van der Waals surface area contributed by atoms with Gasteiger partial charge in [0.15, 0.2) is 0 Å². The predicted octanol–water partition coefficient (Wildman–Crippen LogP) is 5.22. The SMILES string of the molecule is COc1ccccc1NC(=O)CN1C(=O)N/C(=C/c2cc(Br)ccc2OCc2ccccc2Cl)C1=O. The van der Waals surface area contributed by atoms with E-state index in [9.17, 15) is 14.4 Å². The van der Waals surface area contributed by atoms with Gasteiger partial charge in [0, 0.05) is 20.6 Å². The third-order valence-electron chi connectivity index (χ3n) is 5.26. The number of anilines is 1. The molecule has 0 atom stereocenters. The average Bonchev–Trinajstić information content (AvgIpc) is 3.12. The third kappa shape index (κ3) is 5.87. The van der Waals surface area contributed by atoms with Crippen molar-refractivity contribution in [3.05, 3.63) is 93.0 Å². The molecule has 36 heavy (non-hydrogen) atoms. The number of methoxy groups -OCH3 is 1. The van der Waals surface area contributed by atoms with Crippen molar-refractivity contribution in [3.63, 3.8) is 0 Å². The van der Waals surface area contributed by atoms with Crippen LogP contribution in [0.3, 0.4) is 0 Å². The smallest absolute Gasteiger partial charge is 0.329 e. The van der Waals surface area contributed by atoms with Crippen LogP contribution in [0.4, 0.5) is 10.5 Å². The number of carbonyl (C=O) groups excluding carboxylic acids is 3. The molecular formula is C26H21BrClN3O5. The Morgan fingerprint density at radius 3 is 2.61 bits per heavy atom. The minimum absolute atomic E-state index is 0.0192. The van der Waals surface area contributed by atoms with Gasteiger partial charge in [-0.15, -0.1) is 0 Å². The minimum atomic E-state index is -0.699. The van der Waals surface area contributed by atoms with Gasteiger partial charge in [-0.1, -0.05) is 57.9 Å². The maximum Gasteiger partial charge on any atom is 0.329 e. The van der Waals surface area contributed by atoms with Crippen molar-refractivity contribution in [1.29, 1.82) is 0 Å². The van der Waals surface area contributed by atoms with Gasteiger partial charge in [-0.05, 0) is 42.5 Å². The van der Waals surface area contributed by atoms with E-state index in [1.807, 2.05) is 18.2 Å². The van der Waals surface area contributed by atoms with Gasteiger partial charge < -0.3 is 20.1 Å². The highest BCUT2D eigenvalue weighted by Gasteiger charge is 2.35. The number of ether oxygens (including phenoxy) is 2. The van der Waals surface area contributed by atoms with E-state index in [1.54, 1.807) is 48.5 Å². The van der Waals surface area contributed by atoms with Gasteiger partial charge in [-0.25, -0.2) is 9.69 Å². The van der Waals surface area contributed by atoms with Crippen LogP contribution in [0.15, 0.2) is 76.9 Å². The van der Waals surface area contributed by atoms with Crippen molar-refractivity contribution in [1.82, 2.24) is 10.2 Å². The molecule has 0 radical (unpaired) electrons. The van der Waals surface area contributed by atoms with Crippen LogP contribution in [0, 0.1) is 0 Å². The van der Waals surface area contributed by atoms with E-state index in [1.165, 1.54) is 13.2 Å². The Morgan fingerprint density at radius 2 is 1.83 bits per heavy atom. The first-order valence-corrected chi connectivity index (χ1v) is 12.0. The summed E-state index contributed by atoms with van der Waals surface area (Å²) in [7, 11) is 1.48. The number of nitrogens with one attached hydrogen (secondary N) is 2. The molecule has 10 heteroatoms. The number of hydrogen-bond acceptors (Lipinski definition) is 5. The lowest BCUT2D eigenvalue weighted by Gasteiger charge is -2.13. The Kier molecular flexibility index (Phi) is 7.92. The number of para-hydroxylation sites is 2. The molecule has 8 nitrogen and oxygen atoms in total. The van der Waals surface area contributed by atoms with Crippen LogP contribution in [0.2, 0.25) is 5.02 Å². The number of amides is 4. The summed E-state index contributed by atoms with van der Waals surface area (Å²) in [5.41, 5.74) is 1.81. The summed E-state index contributed by atoms with van der Waals surface area (Å²) in [6.45, 7) is -0.249. The highest BCUT2D eigenvalue weighted by atomic mass is 79.9. The Morgan fingerprint density at radius 1 is 1.08 bits per heavy atom. The van der Waals surface area contributed by atoms with Gasteiger partial charge >= 0.3 is 6.03 Å². The molecule has 184 valence electrons. The zero-order valence-electron chi connectivity index (χ0n) is 19.1. The lowest BCUT2D eigenvalue weighted by molar-refractivity contribution is -0.127. The van der Waals surface area contributed by atoms with E-state index >= 15 is 0 Å². The van der Waals surface area contributed by atoms with E-state index in [0.717, 1.165) is 14.9 Å². The van der Waals surface area contributed by atoms with Crippen LogP contribution in [0.5, 0.6) is 11.5 Å². The van der Waals surface area contributed by atoms with Crippen molar-refractivity contribution >= 4 is 57.1 Å². The lowest BCUT2D eigenvalue weighted by atomic mass is 10.1. The molecule has 0 aromatic heterocycles. The standard InChI is InChI=1S/C26H21BrClN3O5/c1-35-23-9-5-4-8-20(23)29-24(32)14-31-25(33)21(30-26(31)34)13-17-12-18(27)10-11-22(17)36-15-16-6-2-3-7-19(16)28/h2-13H,14-15H2,1H3,(H,29,32)(H,30,34)/b21-13+. The molecule has 1 aliphatic heterocycles. The molecule has 3 aromatic rings. The first-order valence-electron chi connectivity index (χ1n) is 10.8. The molecule has 1 heterocycles. The van der Waals surface area contributed by atoms with Crippen LogP contribution in [0.25, 0.3) is 6.08 Å². The van der Waals surface area contributed by atoms with Crippen LogP contribution in [0.1, 0.15) is 11.1 Å². The highest BCUT2D eigenvalue weighted by Crippen LogP contribution is 2.28. The Bertz CT molecular complexity index is 1360. The van der Waals surface area contributed by atoms with Gasteiger partial charge in [0.1, 0.15) is 30.3 Å². The second kappa shape index (κ2) is 11.3. The van der Waals surface area contributed by atoms with Crippen LogP contribution in [-0.4, -0.2) is 36.4 Å². The molecule has 1 fully saturated rings. The number of rotatable bonds is 8. The summed E-state index contributed by atoms with van der Waals surface area (Å²) in [6.07, 6.45) is 1.51. The fraction of sp³-hybridized carbons (Fsp3) is 0.115. The summed E-state index contributed by atoms with van der Waals surface area (Å²) >= 11 is 9.63. The second-order valence-electron chi connectivity index (χ2n) is 7.69. The summed E-state index contributed by atoms with van der Waals surface area (Å²) < 4.78 is 11.9. The summed E-state index contributed by atoms with van der Waals surface area (Å²) in [4.78, 5) is 38.8. The number of nitrogens with zero attached hydrogens (tertiary/aromatic N) is 1. The van der Waals surface area contributed by atoms with Crippen molar-refractivity contribution < 1.29 is 23.9 Å². The van der Waals surface area contributed by atoms with Crippen molar-refractivity contribution in [3.8, 4) is 11.5 Å². The van der Waals surface area contributed by atoms with Crippen molar-refractivity contribution in [2.24, 2.45) is 0 Å². The first kappa shape index (κ1) is 25.3. The van der Waals surface area contributed by atoms with Gasteiger partial charge in [0.2, 0.25) is 5.91 Å². The van der Waals surface area contributed by atoms with Crippen LogP contribution >= 0.6 is 27.5 Å². The number of carbonyl (C=O) groups is 3. The molecule has 0 unspecified atom stereocenters. The van der Waals surface area contributed by atoms with Gasteiger partial charge in [0.05, 0.1) is 12.8 Å². The van der Waals surface area contributed by atoms with E-state index in [4.69, 9.17) is 21.1 Å². The summed E-state index contributed by atoms with van der Waals surface area (Å²) in [5.74, 6) is -0.231. The molecule has 1 saturated heterocycles. The zero-order chi connectivity index (χ0) is 25.7. The average molecular weight is 571 g/mol. The number of hydrogen-bond donors (Lipinski definition) is 2. The summed E-state index contributed by atoms with van der Waals surface area (Å²) in [6, 6.07) is 18.8. The third-order valence-corrected chi connectivity index (χ3v) is 6.12. The van der Waals surface area contributed by atoms with E-state index < -0.39 is 24.4 Å². The fourth-order valence-corrected chi connectivity index (χ4v) is 4.06. The summed E-state index contributed by atoms with van der Waals surface area (Å²) in [5, 5.41) is 5.76. The van der Waals surface area contributed by atoms with Gasteiger partial charge in [-0.2, -0.15) is 0 Å². The quantitative estimate of drug-likeness (QED) is 0.286. The topological polar surface area (TPSA) is 97.0 Å². The number of imide groups is 1. The van der Waals surface area contributed by atoms with Gasteiger partial charge in [-0.3, -0.25) is 9.59 Å². The number of halogens is 2. The normalized spacial score (nSPS) is 14.1. The molecule has 4 amide bonds. The largest absolute Gasteiger partial charge is 0.495 e. The van der Waals surface area contributed by atoms with Gasteiger partial charge in [0.25, 0.3) is 5.91 Å². The second-order valence-corrected chi connectivity index (χ2v) is 9.01. The first-order chi connectivity index (χ1) is 17.4. The number of benzene rings is 3. The molecule has 0 saturated carbocycles. The van der Waals surface area contributed by atoms with E-state index in [2.05, 4.69) is 26.6 Å². The molecule has 0 aliphatic carbocycles. The molecule has 0 spiro atoms. The van der Waals surface area contributed by atoms with Crippen molar-refractivity contribution in [2.45, 2.75) is 6.61 Å². The lowest BCUT2D eigenvalue weighted by Crippen LogP contribution is -2.38. The van der Waals surface area contributed by atoms with Crippen LogP contribution < -0.4 is 20.1 Å². The fourth-order valence-electron chi connectivity index (χ4n) is 3.49. The van der Waals surface area contributed by atoms with Crippen LogP contribution in [-0.2, 0) is 16.2 Å². The van der Waals surface area contributed by atoms with E-state index in [-0.39, 0.29) is 12.3 Å². The molecule has 4 rings (SSSR count). The highest BCUT2D eigenvalue weighted by molar-refractivity contribution is 9.10. The maximum absolute atomic E-state index is 13.0. The van der Waals surface area contributed by atoms with E-state index in [0.29, 0.717) is 27.8 Å². The maximum atomic E-state index is 13.0. The molecule has 0 bridgehead atoms. The Hall–Kier alpha value is -3.82. The molecule has 1 aliphatic rings. The monoisotopic (exact) mass is 569 g/mol. The molecule has 3 aromatic carbocycles. The Balaban J connectivity index is 1.49. The number of urea groups is 1. The minimum Gasteiger partial charge on any atom is -0.495 e. The molecule has 2 N–H and O–H groups in total. The molecular weight excluding hydrogens is 550 g/mol. The predicted molar refractivity (Wildman–Crippen MR) is 140 cm³/mol. The Labute approximate surface area is 221 Å². The zero-order valence-corrected chi connectivity index (χ0v) is 21.4. The van der Waals surface area contributed by atoms with Crippen molar-refractivity contribution in [2.75, 3.05) is 19.0 Å².